The lowest BCUT2D eigenvalue weighted by molar-refractivity contribution is -0.123. The second kappa shape index (κ2) is 11.2. The second-order valence-corrected chi connectivity index (χ2v) is 3.32. The highest BCUT2D eigenvalue weighted by atomic mass is 79.9. The van der Waals surface area contributed by atoms with Crippen LogP contribution in [0, 0.1) is 0 Å². The zero-order chi connectivity index (χ0) is 7.82. The molecule has 0 spiro atoms. The predicted octanol–water partition coefficient (Wildman–Crippen LogP) is 1.68. The van der Waals surface area contributed by atoms with Gasteiger partial charge in [0.25, 0.3) is 4.55 Å². The molecule has 0 aliphatic carbocycles. The normalized spacial score (nSPS) is 22.6. The third-order valence-electron chi connectivity index (χ3n) is 1.16. The topological polar surface area (TPSA) is 29.5 Å². The first-order valence-corrected chi connectivity index (χ1v) is 4.90. The molecule has 1 unspecified atom stereocenters. The maximum Gasteiger partial charge on any atom is 1.41 e. The lowest BCUT2D eigenvalue weighted by Gasteiger charge is -2.16. The van der Waals surface area contributed by atoms with Crippen LogP contribution in [0.4, 0.5) is 0 Å². The molecule has 1 aliphatic rings. The van der Waals surface area contributed by atoms with E-state index >= 15 is 0 Å². The van der Waals surface area contributed by atoms with Crippen molar-refractivity contribution in [3.8, 4) is 0 Å². The Kier molecular flexibility index (Phi) is 14.9. The average Bonchev–Trinajstić information content (AvgIpc) is 1.91. The Morgan fingerprint density at radius 2 is 2.09 bits per heavy atom. The number of hydrogen-bond acceptors (Lipinski definition) is 2. The Balaban J connectivity index is 0. The Morgan fingerprint density at radius 1 is 1.55 bits per heavy atom. The van der Waals surface area contributed by atoms with Crippen molar-refractivity contribution >= 4 is 38.7 Å². The van der Waals surface area contributed by atoms with Crippen LogP contribution in [0.25, 0.3) is 0 Å². The van der Waals surface area contributed by atoms with Crippen molar-refractivity contribution in [2.75, 3.05) is 6.61 Å². The van der Waals surface area contributed by atoms with Gasteiger partial charge in [-0.1, -0.05) is 0 Å². The summed E-state index contributed by atoms with van der Waals surface area (Å²) in [6.07, 6.45) is 2.58. The summed E-state index contributed by atoms with van der Waals surface area (Å²) in [6.45, 7) is 2.87. The number of halogens is 1. The summed E-state index contributed by atoms with van der Waals surface area (Å²) in [5, 5.41) is 8.69. The minimum Gasteiger partial charge on any atom is -0.368 e. The van der Waals surface area contributed by atoms with Crippen molar-refractivity contribution in [1.29, 1.82) is 0 Å². The van der Waals surface area contributed by atoms with Gasteiger partial charge in [0.2, 0.25) is 0 Å². The van der Waals surface area contributed by atoms with E-state index < -0.39 is 6.29 Å². The fourth-order valence-corrected chi connectivity index (χ4v) is 0.724. The van der Waals surface area contributed by atoms with E-state index in [1.807, 2.05) is 21.7 Å². The fraction of sp³-hybridized carbons (Fsp3) is 1.00. The van der Waals surface area contributed by atoms with Crippen molar-refractivity contribution < 1.29 is 9.84 Å². The summed E-state index contributed by atoms with van der Waals surface area (Å²) in [5.74, 6) is 0. The summed E-state index contributed by atoms with van der Waals surface area (Å²) < 4.78 is 6.11. The number of hydrogen-bond donors (Lipinski definition) is 1. The number of rotatable bonds is 0. The summed E-state index contributed by atoms with van der Waals surface area (Å²) in [7, 11) is 0. The molecule has 0 aromatic rings. The largest absolute Gasteiger partial charge is 1.41 e. The summed E-state index contributed by atoms with van der Waals surface area (Å²) in [6, 6.07) is 0. The molecule has 63 valence electrons. The van der Waals surface area contributed by atoms with Crippen LogP contribution in [-0.2, 0) is 4.74 Å². The van der Waals surface area contributed by atoms with Crippen molar-refractivity contribution in [3.05, 3.63) is 0 Å². The maximum absolute atomic E-state index is 8.69. The van der Waals surface area contributed by atoms with E-state index in [1.54, 1.807) is 0 Å². The molecular formula is C7H16BrMgO2+2. The van der Waals surface area contributed by atoms with Crippen LogP contribution < -0.4 is 0 Å². The first kappa shape index (κ1) is 14.7. The molecule has 11 heavy (non-hydrogen) atoms. The van der Waals surface area contributed by atoms with Gasteiger partial charge < -0.3 is 9.84 Å². The molecule has 1 fully saturated rings. The van der Waals surface area contributed by atoms with Crippen molar-refractivity contribution in [1.82, 2.24) is 0 Å². The minimum absolute atomic E-state index is 0. The SMILES string of the molecule is Br.C[CH2][Mg+2].OC1CCCCO1. The Labute approximate surface area is 91.9 Å². The van der Waals surface area contributed by atoms with Crippen LogP contribution in [0.5, 0.6) is 0 Å². The van der Waals surface area contributed by atoms with E-state index in [0.29, 0.717) is 0 Å². The van der Waals surface area contributed by atoms with E-state index in [4.69, 9.17) is 9.84 Å². The number of ether oxygens (including phenoxy) is 1. The molecule has 2 nitrogen and oxygen atoms in total. The van der Waals surface area contributed by atoms with E-state index in [9.17, 15) is 0 Å². The maximum atomic E-state index is 8.69. The van der Waals surface area contributed by atoms with Crippen molar-refractivity contribution in [2.24, 2.45) is 0 Å². The molecule has 1 rings (SSSR count). The van der Waals surface area contributed by atoms with Crippen LogP contribution in [-0.4, -0.2) is 39.7 Å². The molecule has 0 saturated carbocycles. The third kappa shape index (κ3) is 11.2. The molecule has 1 N–H and O–H groups in total. The quantitative estimate of drug-likeness (QED) is 0.648. The van der Waals surface area contributed by atoms with Gasteiger partial charge in [-0.15, -0.1) is 17.0 Å². The molecule has 0 bridgehead atoms. The van der Waals surface area contributed by atoms with Gasteiger partial charge >= 0.3 is 21.7 Å². The van der Waals surface area contributed by atoms with E-state index in [2.05, 4.69) is 6.92 Å². The van der Waals surface area contributed by atoms with Crippen LogP contribution in [0.1, 0.15) is 26.2 Å². The Hall–Kier alpha value is 1.17. The zero-order valence-electron chi connectivity index (χ0n) is 7.08. The monoisotopic (exact) mass is 235 g/mol. The Morgan fingerprint density at radius 3 is 2.27 bits per heavy atom. The van der Waals surface area contributed by atoms with Gasteiger partial charge in [-0.3, -0.25) is 0 Å². The number of aliphatic hydroxyl groups is 1. The fourth-order valence-electron chi connectivity index (χ4n) is 0.724. The molecule has 4 heteroatoms. The Bertz CT molecular complexity index is 67.5. The first-order valence-electron chi connectivity index (χ1n) is 3.90. The van der Waals surface area contributed by atoms with Crippen LogP contribution in [0.3, 0.4) is 0 Å². The molecule has 1 aliphatic heterocycles. The lowest BCUT2D eigenvalue weighted by Crippen LogP contribution is -2.17. The second-order valence-electron chi connectivity index (χ2n) is 2.32. The van der Waals surface area contributed by atoms with Gasteiger partial charge in [0.1, 0.15) is 0 Å². The smallest absolute Gasteiger partial charge is 0.368 e. The first-order chi connectivity index (χ1) is 4.81. The third-order valence-corrected chi connectivity index (χ3v) is 1.16. The molecule has 0 amide bonds. The molecule has 0 aromatic heterocycles. The predicted molar refractivity (Wildman–Crippen MR) is 52.4 cm³/mol. The van der Waals surface area contributed by atoms with E-state index in [1.165, 1.54) is 4.55 Å². The van der Waals surface area contributed by atoms with Crippen LogP contribution >= 0.6 is 17.0 Å². The molecule has 0 aromatic carbocycles. The van der Waals surface area contributed by atoms with E-state index in [0.717, 1.165) is 25.9 Å². The van der Waals surface area contributed by atoms with Crippen LogP contribution in [0.2, 0.25) is 4.55 Å². The van der Waals surface area contributed by atoms with Crippen LogP contribution in [0.15, 0.2) is 0 Å². The number of aliphatic hydroxyl groups excluding tert-OH is 1. The van der Waals surface area contributed by atoms with Crippen molar-refractivity contribution in [2.45, 2.75) is 37.0 Å². The molecule has 7 radical (unpaired) electrons. The minimum atomic E-state index is -0.464. The van der Waals surface area contributed by atoms with Gasteiger partial charge in [-0.05, 0) is 19.3 Å². The van der Waals surface area contributed by atoms with Crippen molar-refractivity contribution in [3.63, 3.8) is 0 Å². The molecule has 1 heterocycles. The summed E-state index contributed by atoms with van der Waals surface area (Å²) in [4.78, 5) is 0. The van der Waals surface area contributed by atoms with Gasteiger partial charge in [-0.25, -0.2) is 0 Å². The van der Waals surface area contributed by atoms with Gasteiger partial charge in [0, 0.05) is 13.5 Å². The average molecular weight is 236 g/mol. The zero-order valence-corrected chi connectivity index (χ0v) is 10.2. The molecule has 1 saturated heterocycles. The molecular weight excluding hydrogens is 220 g/mol. The highest BCUT2D eigenvalue weighted by molar-refractivity contribution is 8.93. The standard InChI is InChI=1S/C5H10O2.C2H5.BrH.Mg/c6-5-3-1-2-4-7-5;1-2;;/h5-6H,1-4H2;1H2,2H3;1H;/q;;;+2. The highest BCUT2D eigenvalue weighted by Crippen LogP contribution is 2.08. The highest BCUT2D eigenvalue weighted by Gasteiger charge is 2.13. The van der Waals surface area contributed by atoms with Gasteiger partial charge in [0.15, 0.2) is 6.29 Å². The molecule has 1 atom stereocenters. The summed E-state index contributed by atoms with van der Waals surface area (Å²) >= 11 is 1.97. The van der Waals surface area contributed by atoms with E-state index in [-0.39, 0.29) is 17.0 Å². The lowest BCUT2D eigenvalue weighted by atomic mass is 10.2. The van der Waals surface area contributed by atoms with Gasteiger partial charge in [-0.2, -0.15) is 0 Å². The summed E-state index contributed by atoms with van der Waals surface area (Å²) in [5.41, 5.74) is 0. The van der Waals surface area contributed by atoms with Gasteiger partial charge in [0.05, 0.1) is 0 Å².